The molecule has 0 bridgehead atoms. The Morgan fingerprint density at radius 3 is 2.76 bits per heavy atom. The van der Waals surface area contributed by atoms with Gasteiger partial charge in [0.1, 0.15) is 12.2 Å². The largest absolute Gasteiger partial charge is 0.310 e. The van der Waals surface area contributed by atoms with Crippen LogP contribution in [0.1, 0.15) is 18.3 Å². The molecule has 1 heterocycles. The molecule has 2 aromatic rings. The van der Waals surface area contributed by atoms with Gasteiger partial charge in [-0.25, -0.2) is 9.67 Å². The molecule has 0 unspecified atom stereocenters. The summed E-state index contributed by atoms with van der Waals surface area (Å²) in [6.07, 6.45) is 1.61. The average Bonchev–Trinajstić information content (AvgIpc) is 2.77. The Balaban J connectivity index is 2.07. The summed E-state index contributed by atoms with van der Waals surface area (Å²) < 4.78 is 3.18. The van der Waals surface area contributed by atoms with Crippen molar-refractivity contribution in [3.8, 4) is 0 Å². The first kappa shape index (κ1) is 12.5. The van der Waals surface area contributed by atoms with Gasteiger partial charge in [0.15, 0.2) is 0 Å². The summed E-state index contributed by atoms with van der Waals surface area (Å²) in [4.78, 5) is 4.26. The molecule has 2 rings (SSSR count). The molecule has 0 radical (unpaired) electrons. The lowest BCUT2D eigenvalue weighted by molar-refractivity contribution is 0.595. The third kappa shape index (κ3) is 3.50. The number of hydrogen-bond donors (Lipinski definition) is 1. The standard InChI is InChI=1S/C12H15IN4/c1-2-14-7-12-15-9-16-17(12)8-10-3-5-11(13)6-4-10/h3-6,9,14H,2,7-8H2,1H3. The van der Waals surface area contributed by atoms with Crippen molar-refractivity contribution in [1.82, 2.24) is 20.1 Å². The smallest absolute Gasteiger partial charge is 0.141 e. The molecule has 0 aliphatic heterocycles. The molecule has 0 spiro atoms. The van der Waals surface area contributed by atoms with Crippen molar-refractivity contribution < 1.29 is 0 Å². The molecule has 17 heavy (non-hydrogen) atoms. The van der Waals surface area contributed by atoms with Crippen LogP contribution in [0.15, 0.2) is 30.6 Å². The zero-order valence-electron chi connectivity index (χ0n) is 9.73. The first-order valence-electron chi connectivity index (χ1n) is 5.61. The van der Waals surface area contributed by atoms with Gasteiger partial charge in [0, 0.05) is 3.57 Å². The number of nitrogens with one attached hydrogen (secondary N) is 1. The van der Waals surface area contributed by atoms with Gasteiger partial charge in [-0.2, -0.15) is 5.10 Å². The Bertz CT molecular complexity index is 464. The monoisotopic (exact) mass is 342 g/mol. The van der Waals surface area contributed by atoms with Gasteiger partial charge >= 0.3 is 0 Å². The third-order valence-corrected chi connectivity index (χ3v) is 3.19. The van der Waals surface area contributed by atoms with Gasteiger partial charge in [-0.1, -0.05) is 19.1 Å². The molecule has 90 valence electrons. The van der Waals surface area contributed by atoms with Crippen LogP contribution in [0.25, 0.3) is 0 Å². The van der Waals surface area contributed by atoms with Crippen molar-refractivity contribution in [2.75, 3.05) is 6.54 Å². The van der Waals surface area contributed by atoms with Gasteiger partial charge < -0.3 is 5.32 Å². The average molecular weight is 342 g/mol. The molecule has 1 aromatic heterocycles. The lowest BCUT2D eigenvalue weighted by Gasteiger charge is -2.06. The maximum absolute atomic E-state index is 4.26. The van der Waals surface area contributed by atoms with Crippen molar-refractivity contribution in [2.45, 2.75) is 20.0 Å². The second kappa shape index (κ2) is 6.11. The van der Waals surface area contributed by atoms with Crippen LogP contribution in [0.5, 0.6) is 0 Å². The predicted octanol–water partition coefficient (Wildman–Crippen LogP) is 2.04. The summed E-state index contributed by atoms with van der Waals surface area (Å²) in [6, 6.07) is 8.47. The molecule has 1 N–H and O–H groups in total. The predicted molar refractivity (Wildman–Crippen MR) is 75.7 cm³/mol. The minimum Gasteiger partial charge on any atom is -0.310 e. The molecule has 0 fully saturated rings. The van der Waals surface area contributed by atoms with Gasteiger partial charge in [0.25, 0.3) is 0 Å². The van der Waals surface area contributed by atoms with Crippen molar-refractivity contribution >= 4 is 22.6 Å². The van der Waals surface area contributed by atoms with Crippen LogP contribution in [-0.2, 0) is 13.1 Å². The molecule has 0 atom stereocenters. The van der Waals surface area contributed by atoms with Crippen LogP contribution < -0.4 is 5.32 Å². The highest BCUT2D eigenvalue weighted by atomic mass is 127. The highest BCUT2D eigenvalue weighted by Gasteiger charge is 2.04. The van der Waals surface area contributed by atoms with Crippen molar-refractivity contribution in [3.63, 3.8) is 0 Å². The highest BCUT2D eigenvalue weighted by Crippen LogP contribution is 2.08. The molecular formula is C12H15IN4. The number of halogens is 1. The van der Waals surface area contributed by atoms with E-state index in [0.29, 0.717) is 0 Å². The second-order valence-electron chi connectivity index (χ2n) is 3.74. The maximum Gasteiger partial charge on any atom is 0.141 e. The van der Waals surface area contributed by atoms with Gasteiger partial charge in [-0.05, 0) is 46.8 Å². The molecule has 0 amide bonds. The third-order valence-electron chi connectivity index (χ3n) is 2.47. The van der Waals surface area contributed by atoms with Gasteiger partial charge in [0.2, 0.25) is 0 Å². The summed E-state index contributed by atoms with van der Waals surface area (Å²) >= 11 is 2.31. The van der Waals surface area contributed by atoms with Crippen molar-refractivity contribution in [3.05, 3.63) is 45.6 Å². The number of nitrogens with zero attached hydrogens (tertiary/aromatic N) is 3. The van der Waals surface area contributed by atoms with E-state index >= 15 is 0 Å². The van der Waals surface area contributed by atoms with Gasteiger partial charge in [-0.15, -0.1) is 0 Å². The van der Waals surface area contributed by atoms with Crippen LogP contribution in [0.3, 0.4) is 0 Å². The topological polar surface area (TPSA) is 42.7 Å². The normalized spacial score (nSPS) is 10.7. The van der Waals surface area contributed by atoms with E-state index in [2.05, 4.69) is 69.2 Å². The molecule has 1 aromatic carbocycles. The van der Waals surface area contributed by atoms with E-state index in [1.54, 1.807) is 6.33 Å². The fraction of sp³-hybridized carbons (Fsp3) is 0.333. The lowest BCUT2D eigenvalue weighted by atomic mass is 10.2. The fourth-order valence-corrected chi connectivity index (χ4v) is 1.92. The Morgan fingerprint density at radius 1 is 1.29 bits per heavy atom. The number of rotatable bonds is 5. The SMILES string of the molecule is CCNCc1ncnn1Cc1ccc(I)cc1. The minimum atomic E-state index is 0.765. The quantitative estimate of drug-likeness (QED) is 0.846. The maximum atomic E-state index is 4.26. The summed E-state index contributed by atoms with van der Waals surface area (Å²) in [6.45, 7) is 4.56. The van der Waals surface area contributed by atoms with E-state index in [-0.39, 0.29) is 0 Å². The zero-order chi connectivity index (χ0) is 12.1. The Labute approximate surface area is 115 Å². The van der Waals surface area contributed by atoms with Crippen LogP contribution in [0.2, 0.25) is 0 Å². The molecule has 0 saturated carbocycles. The van der Waals surface area contributed by atoms with Crippen LogP contribution >= 0.6 is 22.6 Å². The molecule has 0 aliphatic rings. The Hall–Kier alpha value is -0.950. The fourth-order valence-electron chi connectivity index (χ4n) is 1.56. The van der Waals surface area contributed by atoms with Crippen LogP contribution in [0, 0.1) is 3.57 Å². The molecular weight excluding hydrogens is 327 g/mol. The Kier molecular flexibility index (Phi) is 4.49. The molecule has 4 nitrogen and oxygen atoms in total. The number of hydrogen-bond acceptors (Lipinski definition) is 3. The van der Waals surface area contributed by atoms with Gasteiger partial charge in [0.05, 0.1) is 13.1 Å². The summed E-state index contributed by atoms with van der Waals surface area (Å²) in [7, 11) is 0. The summed E-state index contributed by atoms with van der Waals surface area (Å²) in [5.74, 6) is 0.977. The lowest BCUT2D eigenvalue weighted by Crippen LogP contribution is -2.17. The number of benzene rings is 1. The molecule has 5 heteroatoms. The molecule has 0 saturated heterocycles. The van der Waals surface area contributed by atoms with Crippen LogP contribution in [-0.4, -0.2) is 21.3 Å². The summed E-state index contributed by atoms with van der Waals surface area (Å²) in [5.41, 5.74) is 1.24. The second-order valence-corrected chi connectivity index (χ2v) is 4.99. The van der Waals surface area contributed by atoms with E-state index in [1.807, 2.05) is 4.68 Å². The minimum absolute atomic E-state index is 0.765. The van der Waals surface area contributed by atoms with Gasteiger partial charge in [-0.3, -0.25) is 0 Å². The zero-order valence-corrected chi connectivity index (χ0v) is 11.9. The van der Waals surface area contributed by atoms with Crippen molar-refractivity contribution in [2.24, 2.45) is 0 Å². The van der Waals surface area contributed by atoms with E-state index in [1.165, 1.54) is 9.13 Å². The summed E-state index contributed by atoms with van der Waals surface area (Å²) in [5, 5.41) is 7.51. The van der Waals surface area contributed by atoms with E-state index in [9.17, 15) is 0 Å². The van der Waals surface area contributed by atoms with Crippen molar-refractivity contribution in [1.29, 1.82) is 0 Å². The molecule has 0 aliphatic carbocycles. The first-order valence-corrected chi connectivity index (χ1v) is 6.69. The van der Waals surface area contributed by atoms with Crippen LogP contribution in [0.4, 0.5) is 0 Å². The number of aromatic nitrogens is 3. The first-order chi connectivity index (χ1) is 8.29. The van der Waals surface area contributed by atoms with E-state index in [4.69, 9.17) is 0 Å². The van der Waals surface area contributed by atoms with E-state index < -0.39 is 0 Å². The highest BCUT2D eigenvalue weighted by molar-refractivity contribution is 14.1. The Morgan fingerprint density at radius 2 is 2.06 bits per heavy atom. The van der Waals surface area contributed by atoms with E-state index in [0.717, 1.165) is 25.5 Å².